The summed E-state index contributed by atoms with van der Waals surface area (Å²) in [5, 5.41) is 0. The van der Waals surface area contributed by atoms with Crippen molar-refractivity contribution in [3.05, 3.63) is 63.6 Å². The van der Waals surface area contributed by atoms with Gasteiger partial charge in [0.05, 0.1) is 18.2 Å². The molecule has 0 bridgehead atoms. The second kappa shape index (κ2) is 9.83. The van der Waals surface area contributed by atoms with Crippen molar-refractivity contribution in [3.8, 4) is 0 Å². The topological polar surface area (TPSA) is 59.1 Å². The van der Waals surface area contributed by atoms with Gasteiger partial charge < -0.3 is 14.4 Å². The minimum Gasteiger partial charge on any atom is -0.465 e. The van der Waals surface area contributed by atoms with Gasteiger partial charge in [0.2, 0.25) is 0 Å². The van der Waals surface area contributed by atoms with Crippen LogP contribution in [0.15, 0.2) is 46.9 Å². The zero-order valence-electron chi connectivity index (χ0n) is 18.5. The van der Waals surface area contributed by atoms with Gasteiger partial charge >= 0.3 is 11.9 Å². The first kappa shape index (κ1) is 23.3. The molecule has 0 radical (unpaired) electrons. The smallest absolute Gasteiger partial charge is 0.338 e. The van der Waals surface area contributed by atoms with Crippen molar-refractivity contribution in [2.45, 2.75) is 32.9 Å². The van der Waals surface area contributed by atoms with Gasteiger partial charge in [-0.05, 0) is 68.8 Å². The molecule has 166 valence electrons. The highest BCUT2D eigenvalue weighted by Crippen LogP contribution is 2.23. The maximum absolute atomic E-state index is 12.2. The second-order valence-electron chi connectivity index (χ2n) is 8.61. The summed E-state index contributed by atoms with van der Waals surface area (Å²) in [5.41, 5.74) is 2.79. The number of halogens is 1. The van der Waals surface area contributed by atoms with Crippen LogP contribution in [-0.2, 0) is 16.0 Å². The van der Waals surface area contributed by atoms with Crippen molar-refractivity contribution in [1.29, 1.82) is 0 Å². The number of ether oxygens (including phenoxy) is 2. The second-order valence-corrected chi connectivity index (χ2v) is 9.46. The first-order valence-electron chi connectivity index (χ1n) is 10.3. The van der Waals surface area contributed by atoms with Gasteiger partial charge in [0, 0.05) is 42.9 Å². The number of methoxy groups -OCH3 is 1. The molecule has 3 rings (SSSR count). The van der Waals surface area contributed by atoms with E-state index in [0.717, 1.165) is 48.4 Å². The van der Waals surface area contributed by atoms with E-state index in [1.165, 1.54) is 7.11 Å². The minimum absolute atomic E-state index is 0.302. The first-order valence-corrected chi connectivity index (χ1v) is 11.1. The maximum atomic E-state index is 12.2. The fourth-order valence-electron chi connectivity index (χ4n) is 3.49. The lowest BCUT2D eigenvalue weighted by Crippen LogP contribution is -2.46. The standard InChI is InChI=1S/C24H29BrN2O4/c1-24(2,3)31-23(29)17-5-8-20(9-6-17)27-13-11-26(12-14-27)16-19-15-18(22(28)30-4)7-10-21(19)25/h5-10,15H,11-14,16H2,1-4H3. The van der Waals surface area contributed by atoms with Crippen LogP contribution in [-0.4, -0.2) is 55.7 Å². The Morgan fingerprint density at radius 3 is 2.13 bits per heavy atom. The van der Waals surface area contributed by atoms with E-state index in [0.29, 0.717) is 11.1 Å². The maximum Gasteiger partial charge on any atom is 0.338 e. The fraction of sp³-hybridized carbons (Fsp3) is 0.417. The van der Waals surface area contributed by atoms with E-state index in [-0.39, 0.29) is 11.9 Å². The molecule has 1 saturated heterocycles. The van der Waals surface area contributed by atoms with Crippen molar-refractivity contribution in [1.82, 2.24) is 4.90 Å². The number of piperazine rings is 1. The van der Waals surface area contributed by atoms with Crippen LogP contribution in [0.5, 0.6) is 0 Å². The van der Waals surface area contributed by atoms with Gasteiger partial charge in [-0.2, -0.15) is 0 Å². The molecule has 1 heterocycles. The molecule has 1 aliphatic heterocycles. The monoisotopic (exact) mass is 488 g/mol. The van der Waals surface area contributed by atoms with Gasteiger partial charge in [0.25, 0.3) is 0 Å². The van der Waals surface area contributed by atoms with Crippen molar-refractivity contribution < 1.29 is 19.1 Å². The molecule has 2 aromatic rings. The number of carbonyl (C=O) groups excluding carboxylic acids is 2. The summed E-state index contributed by atoms with van der Waals surface area (Å²) >= 11 is 3.59. The Bertz CT molecular complexity index is 930. The number of rotatable bonds is 5. The molecular formula is C24H29BrN2O4. The third-order valence-electron chi connectivity index (χ3n) is 5.10. The fourth-order valence-corrected chi connectivity index (χ4v) is 3.86. The molecule has 31 heavy (non-hydrogen) atoms. The third kappa shape index (κ3) is 6.31. The minimum atomic E-state index is -0.503. The molecule has 2 aromatic carbocycles. The summed E-state index contributed by atoms with van der Waals surface area (Å²) in [6.45, 7) is 9.94. The molecule has 0 unspecified atom stereocenters. The number of anilines is 1. The summed E-state index contributed by atoms with van der Waals surface area (Å²) in [5.74, 6) is -0.628. The van der Waals surface area contributed by atoms with Crippen molar-refractivity contribution in [3.63, 3.8) is 0 Å². The van der Waals surface area contributed by atoms with E-state index in [1.807, 2.05) is 57.2 Å². The van der Waals surface area contributed by atoms with E-state index in [1.54, 1.807) is 6.07 Å². The number of nitrogens with zero attached hydrogens (tertiary/aromatic N) is 2. The highest BCUT2D eigenvalue weighted by atomic mass is 79.9. The van der Waals surface area contributed by atoms with Crippen LogP contribution in [0.25, 0.3) is 0 Å². The van der Waals surface area contributed by atoms with E-state index in [2.05, 4.69) is 25.7 Å². The van der Waals surface area contributed by atoms with Crippen LogP contribution in [0.2, 0.25) is 0 Å². The largest absolute Gasteiger partial charge is 0.465 e. The Labute approximate surface area is 192 Å². The highest BCUT2D eigenvalue weighted by molar-refractivity contribution is 9.10. The van der Waals surface area contributed by atoms with Crippen LogP contribution in [0.4, 0.5) is 5.69 Å². The molecule has 7 heteroatoms. The molecule has 0 aromatic heterocycles. The van der Waals surface area contributed by atoms with E-state index in [9.17, 15) is 9.59 Å². The molecule has 6 nitrogen and oxygen atoms in total. The summed E-state index contributed by atoms with van der Waals surface area (Å²) in [7, 11) is 1.39. The molecule has 0 spiro atoms. The lowest BCUT2D eigenvalue weighted by atomic mass is 10.1. The van der Waals surface area contributed by atoms with Crippen molar-refractivity contribution in [2.24, 2.45) is 0 Å². The Hall–Kier alpha value is -2.38. The molecule has 0 N–H and O–H groups in total. The third-order valence-corrected chi connectivity index (χ3v) is 5.87. The first-order chi connectivity index (χ1) is 14.7. The van der Waals surface area contributed by atoms with E-state index < -0.39 is 5.60 Å². The Balaban J connectivity index is 1.58. The van der Waals surface area contributed by atoms with Crippen LogP contribution in [0, 0.1) is 0 Å². The van der Waals surface area contributed by atoms with E-state index >= 15 is 0 Å². The van der Waals surface area contributed by atoms with Crippen LogP contribution < -0.4 is 4.90 Å². The predicted molar refractivity (Wildman–Crippen MR) is 125 cm³/mol. The zero-order valence-corrected chi connectivity index (χ0v) is 20.1. The average molecular weight is 489 g/mol. The molecule has 0 atom stereocenters. The SMILES string of the molecule is COC(=O)c1ccc(Br)c(CN2CCN(c3ccc(C(=O)OC(C)(C)C)cc3)CC2)c1. The van der Waals surface area contributed by atoms with Crippen molar-refractivity contribution in [2.75, 3.05) is 38.2 Å². The lowest BCUT2D eigenvalue weighted by molar-refractivity contribution is 0.00693. The summed E-state index contributed by atoms with van der Waals surface area (Å²) in [6, 6.07) is 13.1. The average Bonchev–Trinajstić information content (AvgIpc) is 2.74. The van der Waals surface area contributed by atoms with Gasteiger partial charge in [-0.15, -0.1) is 0 Å². The van der Waals surface area contributed by atoms with Gasteiger partial charge in [0.15, 0.2) is 0 Å². The summed E-state index contributed by atoms with van der Waals surface area (Å²) in [6.07, 6.45) is 0. The van der Waals surface area contributed by atoms with E-state index in [4.69, 9.17) is 9.47 Å². The highest BCUT2D eigenvalue weighted by Gasteiger charge is 2.21. The van der Waals surface area contributed by atoms with Gasteiger partial charge in [0.1, 0.15) is 5.60 Å². The molecule has 1 aliphatic rings. The number of benzene rings is 2. The molecular weight excluding hydrogens is 460 g/mol. The number of hydrogen-bond donors (Lipinski definition) is 0. The van der Waals surface area contributed by atoms with Crippen LogP contribution >= 0.6 is 15.9 Å². The van der Waals surface area contributed by atoms with Gasteiger partial charge in [-0.1, -0.05) is 15.9 Å². The molecule has 1 fully saturated rings. The van der Waals surface area contributed by atoms with Gasteiger partial charge in [-0.3, -0.25) is 4.90 Å². The molecule has 0 amide bonds. The Morgan fingerprint density at radius 1 is 0.935 bits per heavy atom. The predicted octanol–water partition coefficient (Wildman–Crippen LogP) is 4.51. The molecule has 0 saturated carbocycles. The lowest BCUT2D eigenvalue weighted by Gasteiger charge is -2.36. The number of hydrogen-bond acceptors (Lipinski definition) is 6. The van der Waals surface area contributed by atoms with Crippen molar-refractivity contribution >= 4 is 33.6 Å². The summed E-state index contributed by atoms with van der Waals surface area (Å²) in [4.78, 5) is 28.7. The van der Waals surface area contributed by atoms with Gasteiger partial charge in [-0.25, -0.2) is 9.59 Å². The Morgan fingerprint density at radius 2 is 1.55 bits per heavy atom. The molecule has 0 aliphatic carbocycles. The van der Waals surface area contributed by atoms with Crippen LogP contribution in [0.3, 0.4) is 0 Å². The van der Waals surface area contributed by atoms with Crippen LogP contribution in [0.1, 0.15) is 47.1 Å². The number of carbonyl (C=O) groups is 2. The Kier molecular flexibility index (Phi) is 7.38. The quantitative estimate of drug-likeness (QED) is 0.576. The normalized spacial score (nSPS) is 14.9. The number of esters is 2. The summed E-state index contributed by atoms with van der Waals surface area (Å²) < 4.78 is 11.2. The zero-order chi connectivity index (χ0) is 22.6.